The van der Waals surface area contributed by atoms with Crippen molar-refractivity contribution < 1.29 is 9.53 Å². The molecule has 18 heavy (non-hydrogen) atoms. The van der Waals surface area contributed by atoms with Crippen molar-refractivity contribution in [3.8, 4) is 0 Å². The zero-order valence-electron chi connectivity index (χ0n) is 12.0. The minimum Gasteiger partial charge on any atom is -0.379 e. The normalized spacial score (nSPS) is 24.2. The van der Waals surface area contributed by atoms with Crippen LogP contribution in [0.4, 0.5) is 0 Å². The number of carbonyl (C=O) groups excluding carboxylic acids is 1. The lowest BCUT2D eigenvalue weighted by Crippen LogP contribution is -2.43. The minimum atomic E-state index is 0.153. The number of amides is 1. The number of piperidine rings is 1. The van der Waals surface area contributed by atoms with E-state index in [0.29, 0.717) is 12.0 Å². The van der Waals surface area contributed by atoms with E-state index < -0.39 is 0 Å². The monoisotopic (exact) mass is 256 g/mol. The SMILES string of the molecule is CC1CNCC(C(=O)NCCCCOC(C)C)C1. The van der Waals surface area contributed by atoms with E-state index in [2.05, 4.69) is 17.6 Å². The van der Waals surface area contributed by atoms with Crippen LogP contribution >= 0.6 is 0 Å². The van der Waals surface area contributed by atoms with Crippen LogP contribution in [-0.2, 0) is 9.53 Å². The third-order valence-corrected chi connectivity index (χ3v) is 3.26. The summed E-state index contributed by atoms with van der Waals surface area (Å²) in [5.41, 5.74) is 0. The summed E-state index contributed by atoms with van der Waals surface area (Å²) in [6.07, 6.45) is 3.32. The molecule has 1 aliphatic rings. The molecule has 0 radical (unpaired) electrons. The smallest absolute Gasteiger partial charge is 0.224 e. The van der Waals surface area contributed by atoms with Crippen LogP contribution in [-0.4, -0.2) is 38.3 Å². The van der Waals surface area contributed by atoms with Gasteiger partial charge in [0.15, 0.2) is 0 Å². The zero-order valence-corrected chi connectivity index (χ0v) is 12.0. The Labute approximate surface area is 111 Å². The Bertz CT molecular complexity index is 244. The molecule has 0 aromatic heterocycles. The number of unbranched alkanes of at least 4 members (excludes halogenated alkanes) is 1. The van der Waals surface area contributed by atoms with Crippen molar-refractivity contribution in [2.45, 2.75) is 46.1 Å². The number of carbonyl (C=O) groups is 1. The Kier molecular flexibility index (Phi) is 7.28. The average molecular weight is 256 g/mol. The molecule has 2 unspecified atom stereocenters. The summed E-state index contributed by atoms with van der Waals surface area (Å²) in [7, 11) is 0. The van der Waals surface area contributed by atoms with Crippen molar-refractivity contribution in [3.05, 3.63) is 0 Å². The van der Waals surface area contributed by atoms with Crippen LogP contribution in [0.25, 0.3) is 0 Å². The Hall–Kier alpha value is -0.610. The quantitative estimate of drug-likeness (QED) is 0.680. The fourth-order valence-corrected chi connectivity index (χ4v) is 2.26. The van der Waals surface area contributed by atoms with Crippen molar-refractivity contribution in [2.75, 3.05) is 26.2 Å². The summed E-state index contributed by atoms with van der Waals surface area (Å²) >= 11 is 0. The molecule has 1 rings (SSSR count). The van der Waals surface area contributed by atoms with Gasteiger partial charge in [0.1, 0.15) is 0 Å². The molecule has 0 aromatic rings. The van der Waals surface area contributed by atoms with Crippen LogP contribution in [0.5, 0.6) is 0 Å². The highest BCUT2D eigenvalue weighted by Gasteiger charge is 2.24. The molecule has 1 fully saturated rings. The maximum absolute atomic E-state index is 11.9. The van der Waals surface area contributed by atoms with E-state index in [-0.39, 0.29) is 11.8 Å². The first-order chi connectivity index (χ1) is 8.59. The van der Waals surface area contributed by atoms with E-state index >= 15 is 0 Å². The van der Waals surface area contributed by atoms with E-state index in [4.69, 9.17) is 4.74 Å². The molecule has 1 saturated heterocycles. The van der Waals surface area contributed by atoms with Gasteiger partial charge in [-0.05, 0) is 45.6 Å². The molecule has 1 heterocycles. The summed E-state index contributed by atoms with van der Waals surface area (Å²) in [6.45, 7) is 9.69. The predicted molar refractivity (Wildman–Crippen MR) is 73.5 cm³/mol. The number of ether oxygens (including phenoxy) is 1. The minimum absolute atomic E-state index is 0.153. The van der Waals surface area contributed by atoms with Crippen molar-refractivity contribution >= 4 is 5.91 Å². The Balaban J connectivity index is 2.02. The molecule has 1 aliphatic heterocycles. The maximum atomic E-state index is 11.9. The highest BCUT2D eigenvalue weighted by molar-refractivity contribution is 5.78. The van der Waals surface area contributed by atoms with Crippen molar-refractivity contribution in [2.24, 2.45) is 11.8 Å². The van der Waals surface area contributed by atoms with Crippen molar-refractivity contribution in [3.63, 3.8) is 0 Å². The fourth-order valence-electron chi connectivity index (χ4n) is 2.26. The fraction of sp³-hybridized carbons (Fsp3) is 0.929. The topological polar surface area (TPSA) is 50.4 Å². The summed E-state index contributed by atoms with van der Waals surface area (Å²) in [5.74, 6) is 0.966. The van der Waals surface area contributed by atoms with Crippen LogP contribution in [0.15, 0.2) is 0 Å². The van der Waals surface area contributed by atoms with Gasteiger partial charge >= 0.3 is 0 Å². The molecular weight excluding hydrogens is 228 g/mol. The van der Waals surface area contributed by atoms with Crippen LogP contribution in [0.2, 0.25) is 0 Å². The molecule has 2 atom stereocenters. The lowest BCUT2D eigenvalue weighted by molar-refractivity contribution is -0.125. The second-order valence-corrected chi connectivity index (χ2v) is 5.61. The van der Waals surface area contributed by atoms with E-state index in [9.17, 15) is 4.79 Å². The Morgan fingerprint density at radius 3 is 2.83 bits per heavy atom. The summed E-state index contributed by atoms with van der Waals surface area (Å²) in [6, 6.07) is 0. The van der Waals surface area contributed by atoms with Gasteiger partial charge < -0.3 is 15.4 Å². The third-order valence-electron chi connectivity index (χ3n) is 3.26. The van der Waals surface area contributed by atoms with Gasteiger partial charge in [-0.25, -0.2) is 0 Å². The summed E-state index contributed by atoms with van der Waals surface area (Å²) in [5, 5.41) is 6.33. The molecular formula is C14H28N2O2. The van der Waals surface area contributed by atoms with Gasteiger partial charge in [-0.3, -0.25) is 4.79 Å². The largest absolute Gasteiger partial charge is 0.379 e. The Morgan fingerprint density at radius 2 is 2.17 bits per heavy atom. The van der Waals surface area contributed by atoms with Crippen LogP contribution in [0, 0.1) is 11.8 Å². The number of rotatable bonds is 7. The number of hydrogen-bond donors (Lipinski definition) is 2. The van der Waals surface area contributed by atoms with Crippen LogP contribution < -0.4 is 10.6 Å². The highest BCUT2D eigenvalue weighted by Crippen LogP contribution is 2.15. The van der Waals surface area contributed by atoms with E-state index in [1.807, 2.05) is 13.8 Å². The highest BCUT2D eigenvalue weighted by atomic mass is 16.5. The molecule has 0 aromatic carbocycles. The van der Waals surface area contributed by atoms with Crippen molar-refractivity contribution in [1.82, 2.24) is 10.6 Å². The lowest BCUT2D eigenvalue weighted by Gasteiger charge is -2.26. The average Bonchev–Trinajstić information content (AvgIpc) is 2.33. The van der Waals surface area contributed by atoms with Gasteiger partial charge in [0.2, 0.25) is 5.91 Å². The van der Waals surface area contributed by atoms with Gasteiger partial charge in [0, 0.05) is 19.7 Å². The second kappa shape index (κ2) is 8.48. The van der Waals surface area contributed by atoms with Crippen molar-refractivity contribution in [1.29, 1.82) is 0 Å². The molecule has 4 nitrogen and oxygen atoms in total. The van der Waals surface area contributed by atoms with Gasteiger partial charge in [-0.15, -0.1) is 0 Å². The first-order valence-corrected chi connectivity index (χ1v) is 7.19. The van der Waals surface area contributed by atoms with Gasteiger partial charge in [0.25, 0.3) is 0 Å². The maximum Gasteiger partial charge on any atom is 0.224 e. The molecule has 0 aliphatic carbocycles. The summed E-state index contributed by atoms with van der Waals surface area (Å²) < 4.78 is 5.46. The number of nitrogens with one attached hydrogen (secondary N) is 2. The molecule has 0 bridgehead atoms. The summed E-state index contributed by atoms with van der Waals surface area (Å²) in [4.78, 5) is 11.9. The lowest BCUT2D eigenvalue weighted by atomic mass is 9.91. The molecule has 106 valence electrons. The Morgan fingerprint density at radius 1 is 1.39 bits per heavy atom. The standard InChI is InChI=1S/C14H28N2O2/c1-11(2)18-7-5-4-6-16-14(17)13-8-12(3)9-15-10-13/h11-13,15H,4-10H2,1-3H3,(H,16,17). The first-order valence-electron chi connectivity index (χ1n) is 7.19. The van der Waals surface area contributed by atoms with Gasteiger partial charge in [-0.2, -0.15) is 0 Å². The first kappa shape index (κ1) is 15.4. The van der Waals surface area contributed by atoms with Gasteiger partial charge in [0.05, 0.1) is 12.0 Å². The van der Waals surface area contributed by atoms with Crippen LogP contribution in [0.3, 0.4) is 0 Å². The molecule has 0 spiro atoms. The molecule has 0 saturated carbocycles. The van der Waals surface area contributed by atoms with E-state index in [1.165, 1.54) is 0 Å². The number of hydrogen-bond acceptors (Lipinski definition) is 3. The zero-order chi connectivity index (χ0) is 13.4. The van der Waals surface area contributed by atoms with E-state index in [0.717, 1.165) is 45.5 Å². The third kappa shape index (κ3) is 6.36. The van der Waals surface area contributed by atoms with E-state index in [1.54, 1.807) is 0 Å². The predicted octanol–water partition coefficient (Wildman–Crippen LogP) is 1.55. The molecule has 1 amide bonds. The van der Waals surface area contributed by atoms with Crippen LogP contribution in [0.1, 0.15) is 40.0 Å². The second-order valence-electron chi connectivity index (χ2n) is 5.61. The van der Waals surface area contributed by atoms with Gasteiger partial charge in [-0.1, -0.05) is 6.92 Å². The molecule has 4 heteroatoms. The molecule has 2 N–H and O–H groups in total.